The van der Waals surface area contributed by atoms with Crippen molar-refractivity contribution in [3.8, 4) is 5.75 Å². The summed E-state index contributed by atoms with van der Waals surface area (Å²) in [6, 6.07) is 16.7. The molecule has 1 heterocycles. The Kier molecular flexibility index (Phi) is 6.37. The number of pyridine rings is 1. The highest BCUT2D eigenvalue weighted by molar-refractivity contribution is 5.85. The van der Waals surface area contributed by atoms with E-state index in [9.17, 15) is 8.78 Å². The lowest BCUT2D eigenvalue weighted by molar-refractivity contribution is -0.0498. The van der Waals surface area contributed by atoms with Crippen LogP contribution in [0.4, 0.5) is 8.78 Å². The van der Waals surface area contributed by atoms with Gasteiger partial charge in [-0.05, 0) is 29.1 Å². The molecule has 0 saturated carbocycles. The van der Waals surface area contributed by atoms with E-state index in [1.807, 2.05) is 30.1 Å². The molecular weight excluding hydrogens is 362 g/mol. The summed E-state index contributed by atoms with van der Waals surface area (Å²) >= 11 is 0. The van der Waals surface area contributed by atoms with Gasteiger partial charge in [0.1, 0.15) is 5.75 Å². The molecule has 0 radical (unpaired) electrons. The zero-order valence-corrected chi connectivity index (χ0v) is 15.8. The van der Waals surface area contributed by atoms with Gasteiger partial charge >= 0.3 is 6.61 Å². The maximum absolute atomic E-state index is 12.2. The van der Waals surface area contributed by atoms with E-state index in [2.05, 4.69) is 32.2 Å². The summed E-state index contributed by atoms with van der Waals surface area (Å²) in [5, 5.41) is 5.57. The van der Waals surface area contributed by atoms with Gasteiger partial charge in [-0.1, -0.05) is 36.4 Å². The number of hydrogen-bond acceptors (Lipinski definition) is 3. The number of aromatic nitrogens is 1. The number of ether oxygens (including phenoxy) is 1. The second-order valence-corrected chi connectivity index (χ2v) is 6.26. The Bertz CT molecular complexity index is 939. The number of alkyl halides is 2. The van der Waals surface area contributed by atoms with Crippen LogP contribution in [0.3, 0.4) is 0 Å². The van der Waals surface area contributed by atoms with Crippen LogP contribution in [0, 0.1) is 0 Å². The van der Waals surface area contributed by atoms with Gasteiger partial charge in [0.25, 0.3) is 0 Å². The molecule has 0 aliphatic carbocycles. The highest BCUT2D eigenvalue weighted by Gasteiger charge is 2.09. The van der Waals surface area contributed by atoms with E-state index in [0.717, 1.165) is 22.0 Å². The standard InChI is InChI=1S/C21H22F2N4O/c1-24-21(26-13-19-18-6-4-3-5-16(18)11-12-25-19)27(2)14-15-7-9-17(10-8-15)28-20(22)23/h3-12,20H,13-14H2,1-2H3,(H,24,26). The van der Waals surface area contributed by atoms with Gasteiger partial charge in [-0.15, -0.1) is 0 Å². The van der Waals surface area contributed by atoms with Gasteiger partial charge in [-0.2, -0.15) is 8.78 Å². The molecule has 146 valence electrons. The van der Waals surface area contributed by atoms with Crippen molar-refractivity contribution in [1.29, 1.82) is 0 Å². The van der Waals surface area contributed by atoms with Crippen molar-refractivity contribution in [3.63, 3.8) is 0 Å². The first-order chi connectivity index (χ1) is 13.6. The molecule has 0 spiro atoms. The lowest BCUT2D eigenvalue weighted by atomic mass is 10.1. The molecule has 0 bridgehead atoms. The molecule has 1 N–H and O–H groups in total. The molecular formula is C21H22F2N4O. The minimum atomic E-state index is -2.82. The van der Waals surface area contributed by atoms with Gasteiger partial charge in [0.2, 0.25) is 0 Å². The molecule has 2 aromatic carbocycles. The van der Waals surface area contributed by atoms with Crippen LogP contribution in [0.25, 0.3) is 10.8 Å². The Labute approximate surface area is 162 Å². The van der Waals surface area contributed by atoms with Crippen LogP contribution in [0.1, 0.15) is 11.3 Å². The minimum Gasteiger partial charge on any atom is -0.435 e. The molecule has 0 aliphatic heterocycles. The second kappa shape index (κ2) is 9.12. The Morgan fingerprint density at radius 2 is 1.89 bits per heavy atom. The number of fused-ring (bicyclic) bond motifs is 1. The van der Waals surface area contributed by atoms with E-state index in [0.29, 0.717) is 19.0 Å². The van der Waals surface area contributed by atoms with E-state index in [1.54, 1.807) is 25.4 Å². The molecule has 0 unspecified atom stereocenters. The second-order valence-electron chi connectivity index (χ2n) is 6.26. The smallest absolute Gasteiger partial charge is 0.387 e. The highest BCUT2D eigenvalue weighted by Crippen LogP contribution is 2.17. The average Bonchev–Trinajstić information content (AvgIpc) is 2.69. The van der Waals surface area contributed by atoms with Gasteiger partial charge in [0.15, 0.2) is 5.96 Å². The summed E-state index contributed by atoms with van der Waals surface area (Å²) in [4.78, 5) is 10.7. The van der Waals surface area contributed by atoms with Crippen LogP contribution >= 0.6 is 0 Å². The van der Waals surface area contributed by atoms with E-state index in [-0.39, 0.29) is 5.75 Å². The zero-order valence-electron chi connectivity index (χ0n) is 15.8. The quantitative estimate of drug-likeness (QED) is 0.515. The van der Waals surface area contributed by atoms with E-state index in [1.165, 1.54) is 12.1 Å². The fraction of sp³-hybridized carbons (Fsp3) is 0.238. The molecule has 3 rings (SSSR count). The summed E-state index contributed by atoms with van der Waals surface area (Å²) in [6.45, 7) is -1.71. The lowest BCUT2D eigenvalue weighted by Crippen LogP contribution is -2.38. The average molecular weight is 384 g/mol. The zero-order chi connectivity index (χ0) is 19.9. The van der Waals surface area contributed by atoms with Crippen molar-refractivity contribution >= 4 is 16.7 Å². The molecule has 0 saturated heterocycles. The summed E-state index contributed by atoms with van der Waals surface area (Å²) in [7, 11) is 3.63. The molecule has 5 nitrogen and oxygen atoms in total. The monoisotopic (exact) mass is 384 g/mol. The number of guanidine groups is 1. The van der Waals surface area contributed by atoms with Gasteiger partial charge in [-0.25, -0.2) is 0 Å². The number of hydrogen-bond donors (Lipinski definition) is 1. The van der Waals surface area contributed by atoms with Crippen LogP contribution in [-0.2, 0) is 13.1 Å². The maximum atomic E-state index is 12.2. The van der Waals surface area contributed by atoms with Crippen molar-refractivity contribution in [2.75, 3.05) is 14.1 Å². The van der Waals surface area contributed by atoms with Crippen molar-refractivity contribution < 1.29 is 13.5 Å². The Morgan fingerprint density at radius 3 is 2.61 bits per heavy atom. The summed E-state index contributed by atoms with van der Waals surface area (Å²) < 4.78 is 28.9. The summed E-state index contributed by atoms with van der Waals surface area (Å²) in [5.74, 6) is 0.855. The molecule has 28 heavy (non-hydrogen) atoms. The molecule has 0 fully saturated rings. The van der Waals surface area contributed by atoms with Crippen molar-refractivity contribution in [2.24, 2.45) is 4.99 Å². The first-order valence-electron chi connectivity index (χ1n) is 8.85. The normalized spacial score (nSPS) is 11.7. The molecule has 0 atom stereocenters. The topological polar surface area (TPSA) is 49.8 Å². The molecule has 0 amide bonds. The largest absolute Gasteiger partial charge is 0.435 e. The fourth-order valence-electron chi connectivity index (χ4n) is 3.00. The number of rotatable bonds is 6. The van der Waals surface area contributed by atoms with Crippen molar-refractivity contribution in [2.45, 2.75) is 19.7 Å². The van der Waals surface area contributed by atoms with Crippen molar-refractivity contribution in [1.82, 2.24) is 15.2 Å². The minimum absolute atomic E-state index is 0.144. The van der Waals surface area contributed by atoms with Crippen LogP contribution in [0.15, 0.2) is 65.8 Å². The van der Waals surface area contributed by atoms with E-state index >= 15 is 0 Å². The van der Waals surface area contributed by atoms with Gasteiger partial charge < -0.3 is 15.0 Å². The number of nitrogens with one attached hydrogen (secondary N) is 1. The maximum Gasteiger partial charge on any atom is 0.387 e. The van der Waals surface area contributed by atoms with Crippen LogP contribution in [-0.4, -0.2) is 36.6 Å². The first-order valence-corrected chi connectivity index (χ1v) is 8.85. The number of halogens is 2. The third kappa shape index (κ3) is 4.94. The third-order valence-corrected chi connectivity index (χ3v) is 4.31. The molecule has 1 aromatic heterocycles. The van der Waals surface area contributed by atoms with E-state index < -0.39 is 6.61 Å². The predicted octanol–water partition coefficient (Wildman–Crippen LogP) is 4.04. The number of aliphatic imine (C=N–C) groups is 1. The first kappa shape index (κ1) is 19.5. The third-order valence-electron chi connectivity index (χ3n) is 4.31. The Hall–Kier alpha value is -3.22. The van der Waals surface area contributed by atoms with Gasteiger partial charge in [-0.3, -0.25) is 9.98 Å². The lowest BCUT2D eigenvalue weighted by Gasteiger charge is -2.22. The summed E-state index contributed by atoms with van der Waals surface area (Å²) in [5.41, 5.74) is 1.90. The van der Waals surface area contributed by atoms with Gasteiger partial charge in [0, 0.05) is 32.2 Å². The van der Waals surface area contributed by atoms with Gasteiger partial charge in [0.05, 0.1) is 12.2 Å². The van der Waals surface area contributed by atoms with Crippen molar-refractivity contribution in [3.05, 3.63) is 72.1 Å². The molecule has 3 aromatic rings. The van der Waals surface area contributed by atoms with Crippen LogP contribution < -0.4 is 10.1 Å². The predicted molar refractivity (Wildman–Crippen MR) is 106 cm³/mol. The Morgan fingerprint density at radius 1 is 1.14 bits per heavy atom. The highest BCUT2D eigenvalue weighted by atomic mass is 19.3. The van der Waals surface area contributed by atoms with Crippen LogP contribution in [0.2, 0.25) is 0 Å². The van der Waals surface area contributed by atoms with Crippen LogP contribution in [0.5, 0.6) is 5.75 Å². The fourth-order valence-corrected chi connectivity index (χ4v) is 3.00. The molecule has 0 aliphatic rings. The SMILES string of the molecule is CN=C(NCc1nccc2ccccc12)N(C)Cc1ccc(OC(F)F)cc1. The molecule has 7 heteroatoms. The summed E-state index contributed by atoms with van der Waals surface area (Å²) in [6.07, 6.45) is 1.80. The Balaban J connectivity index is 1.63. The van der Waals surface area contributed by atoms with E-state index in [4.69, 9.17) is 0 Å². The number of nitrogens with zero attached hydrogens (tertiary/aromatic N) is 3. The number of benzene rings is 2.